The summed E-state index contributed by atoms with van der Waals surface area (Å²) in [7, 11) is -3.46. The first-order valence-corrected chi connectivity index (χ1v) is 14.0. The summed E-state index contributed by atoms with van der Waals surface area (Å²) in [6.45, 7) is 1.76. The molecule has 0 aliphatic carbocycles. The van der Waals surface area contributed by atoms with Crippen molar-refractivity contribution in [2.24, 2.45) is 0 Å². The van der Waals surface area contributed by atoms with E-state index in [9.17, 15) is 23.1 Å². The Bertz CT molecular complexity index is 1530. The van der Waals surface area contributed by atoms with Crippen molar-refractivity contribution in [1.29, 1.82) is 0 Å². The van der Waals surface area contributed by atoms with E-state index in [4.69, 9.17) is 0 Å². The van der Waals surface area contributed by atoms with E-state index in [2.05, 4.69) is 5.32 Å². The Kier molecular flexibility index (Phi) is 8.38. The fourth-order valence-electron chi connectivity index (χ4n) is 4.26. The van der Waals surface area contributed by atoms with Crippen molar-refractivity contribution < 1.29 is 23.1 Å². The molecular weight excluding hydrogens is 498 g/mol. The summed E-state index contributed by atoms with van der Waals surface area (Å²) in [6, 6.07) is 30.0. The lowest BCUT2D eigenvalue weighted by atomic mass is 9.97. The van der Waals surface area contributed by atoms with Crippen molar-refractivity contribution in [3.63, 3.8) is 0 Å². The largest absolute Gasteiger partial charge is 0.478 e. The van der Waals surface area contributed by atoms with Crippen LogP contribution in [0, 0.1) is 0 Å². The number of anilines is 1. The minimum Gasteiger partial charge on any atom is -0.478 e. The van der Waals surface area contributed by atoms with Crippen LogP contribution in [0.25, 0.3) is 0 Å². The number of nitrogens with one attached hydrogen (secondary N) is 1. The second kappa shape index (κ2) is 11.9. The number of amides is 1. The van der Waals surface area contributed by atoms with Crippen LogP contribution >= 0.6 is 0 Å². The van der Waals surface area contributed by atoms with Crippen LogP contribution in [0.15, 0.2) is 108 Å². The minimum atomic E-state index is -3.46. The monoisotopic (exact) mass is 527 g/mol. The molecule has 0 aromatic heterocycles. The molecule has 7 heteroatoms. The van der Waals surface area contributed by atoms with Gasteiger partial charge in [0, 0.05) is 12.1 Å². The summed E-state index contributed by atoms with van der Waals surface area (Å²) in [4.78, 5) is 24.9. The third kappa shape index (κ3) is 6.55. The van der Waals surface area contributed by atoms with Crippen LogP contribution in [0.1, 0.15) is 45.5 Å². The van der Waals surface area contributed by atoms with E-state index in [0.29, 0.717) is 29.7 Å². The highest BCUT2D eigenvalue weighted by atomic mass is 32.2. The van der Waals surface area contributed by atoms with Crippen molar-refractivity contribution in [3.05, 3.63) is 131 Å². The van der Waals surface area contributed by atoms with Crippen molar-refractivity contribution in [1.82, 2.24) is 0 Å². The molecule has 194 valence electrons. The number of hydrogen-bond donors (Lipinski definition) is 2. The molecule has 0 radical (unpaired) electrons. The van der Waals surface area contributed by atoms with Gasteiger partial charge in [0.25, 0.3) is 0 Å². The molecule has 0 fully saturated rings. The molecule has 0 bridgehead atoms. The molecule has 4 aromatic rings. The van der Waals surface area contributed by atoms with E-state index in [-0.39, 0.29) is 22.1 Å². The fourth-order valence-corrected chi connectivity index (χ4v) is 5.55. The SMILES string of the molecule is CC(C(=O)Nc1ccccc1Cc1ccccc1C(=O)O)c1ccc(S(=O)(=O)CCc2ccccc2)cc1. The number of aromatic carboxylic acids is 1. The number of benzene rings is 4. The van der Waals surface area contributed by atoms with Gasteiger partial charge in [0.05, 0.1) is 22.1 Å². The lowest BCUT2D eigenvalue weighted by Gasteiger charge is -2.16. The zero-order valence-electron chi connectivity index (χ0n) is 21.0. The Morgan fingerprint density at radius 2 is 1.39 bits per heavy atom. The zero-order valence-corrected chi connectivity index (χ0v) is 21.8. The number of rotatable bonds is 10. The molecular formula is C31H29NO5S. The number of para-hydroxylation sites is 1. The molecule has 0 saturated carbocycles. The molecule has 1 unspecified atom stereocenters. The van der Waals surface area contributed by atoms with Gasteiger partial charge in [0.1, 0.15) is 0 Å². The van der Waals surface area contributed by atoms with Gasteiger partial charge in [0.15, 0.2) is 9.84 Å². The maximum Gasteiger partial charge on any atom is 0.335 e. The highest BCUT2D eigenvalue weighted by Crippen LogP contribution is 2.25. The van der Waals surface area contributed by atoms with Crippen LogP contribution < -0.4 is 5.32 Å². The molecule has 38 heavy (non-hydrogen) atoms. The van der Waals surface area contributed by atoms with Crippen molar-refractivity contribution in [2.45, 2.75) is 30.6 Å². The Morgan fingerprint density at radius 1 is 0.789 bits per heavy atom. The van der Waals surface area contributed by atoms with Crippen LogP contribution in [-0.4, -0.2) is 31.2 Å². The van der Waals surface area contributed by atoms with Gasteiger partial charge in [0.2, 0.25) is 5.91 Å². The first-order valence-electron chi connectivity index (χ1n) is 12.3. The second-order valence-corrected chi connectivity index (χ2v) is 11.2. The average Bonchev–Trinajstić information content (AvgIpc) is 2.93. The van der Waals surface area contributed by atoms with E-state index < -0.39 is 21.7 Å². The smallest absolute Gasteiger partial charge is 0.335 e. The molecule has 4 aromatic carbocycles. The van der Waals surface area contributed by atoms with Crippen LogP contribution in [0.5, 0.6) is 0 Å². The number of carbonyl (C=O) groups excluding carboxylic acids is 1. The van der Waals surface area contributed by atoms with Gasteiger partial charge in [-0.05, 0) is 59.9 Å². The van der Waals surface area contributed by atoms with Crippen molar-refractivity contribution >= 4 is 27.4 Å². The van der Waals surface area contributed by atoms with Gasteiger partial charge in [-0.15, -0.1) is 0 Å². The Hall–Kier alpha value is -4.23. The van der Waals surface area contributed by atoms with Gasteiger partial charge in [-0.2, -0.15) is 0 Å². The average molecular weight is 528 g/mol. The third-order valence-corrected chi connectivity index (χ3v) is 8.27. The number of aryl methyl sites for hydroxylation is 1. The first-order chi connectivity index (χ1) is 18.2. The van der Waals surface area contributed by atoms with Crippen molar-refractivity contribution in [2.75, 3.05) is 11.1 Å². The predicted molar refractivity (Wildman–Crippen MR) is 148 cm³/mol. The fraction of sp³-hybridized carbons (Fsp3) is 0.161. The highest BCUT2D eigenvalue weighted by molar-refractivity contribution is 7.91. The molecule has 6 nitrogen and oxygen atoms in total. The third-order valence-electron chi connectivity index (χ3n) is 6.54. The van der Waals surface area contributed by atoms with E-state index >= 15 is 0 Å². The van der Waals surface area contributed by atoms with E-state index in [1.165, 1.54) is 0 Å². The Balaban J connectivity index is 1.44. The van der Waals surface area contributed by atoms with Gasteiger partial charge in [-0.25, -0.2) is 13.2 Å². The number of carbonyl (C=O) groups is 2. The quantitative estimate of drug-likeness (QED) is 0.274. The number of sulfone groups is 1. The lowest BCUT2D eigenvalue weighted by molar-refractivity contribution is -0.117. The molecule has 0 heterocycles. The summed E-state index contributed by atoms with van der Waals surface area (Å²) in [5, 5.41) is 12.5. The van der Waals surface area contributed by atoms with Crippen molar-refractivity contribution in [3.8, 4) is 0 Å². The molecule has 4 rings (SSSR count). The number of carboxylic acid groups (broad SMARTS) is 1. The lowest BCUT2D eigenvalue weighted by Crippen LogP contribution is -2.20. The normalized spacial score (nSPS) is 12.0. The van der Waals surface area contributed by atoms with Gasteiger partial charge in [-0.3, -0.25) is 4.79 Å². The molecule has 0 aliphatic rings. The maximum atomic E-state index is 13.1. The van der Waals surface area contributed by atoms with Gasteiger partial charge >= 0.3 is 5.97 Å². The summed E-state index contributed by atoms with van der Waals surface area (Å²) in [5.74, 6) is -1.77. The van der Waals surface area contributed by atoms with Crippen LogP contribution in [0.2, 0.25) is 0 Å². The van der Waals surface area contributed by atoms with Crippen LogP contribution in [0.3, 0.4) is 0 Å². The standard InChI is InChI=1S/C31H29NO5S/c1-22(24-15-17-27(18-16-24)38(36,37)20-19-23-9-3-2-4-10-23)30(33)32-29-14-8-6-12-26(29)21-25-11-5-7-13-28(25)31(34)35/h2-18,22H,19-21H2,1H3,(H,32,33)(H,34,35). The van der Waals surface area contributed by atoms with Gasteiger partial charge in [-0.1, -0.05) is 78.9 Å². The highest BCUT2D eigenvalue weighted by Gasteiger charge is 2.20. The zero-order chi connectivity index (χ0) is 27.1. The molecule has 0 aliphatic heterocycles. The number of hydrogen-bond acceptors (Lipinski definition) is 4. The minimum absolute atomic E-state index is 0.00813. The summed E-state index contributed by atoms with van der Waals surface area (Å²) in [6.07, 6.45) is 0.781. The topological polar surface area (TPSA) is 101 Å². The Morgan fingerprint density at radius 3 is 2.08 bits per heavy atom. The van der Waals surface area contributed by atoms with E-state index in [1.807, 2.05) is 48.5 Å². The summed E-state index contributed by atoms with van der Waals surface area (Å²) >= 11 is 0. The molecule has 1 amide bonds. The molecule has 0 saturated heterocycles. The molecule has 0 spiro atoms. The van der Waals surface area contributed by atoms with Crippen LogP contribution in [0.4, 0.5) is 5.69 Å². The van der Waals surface area contributed by atoms with Crippen LogP contribution in [-0.2, 0) is 27.5 Å². The number of carboxylic acids is 1. The molecule has 2 N–H and O–H groups in total. The maximum absolute atomic E-state index is 13.1. The molecule has 1 atom stereocenters. The predicted octanol–water partition coefficient (Wildman–Crippen LogP) is 5.73. The summed E-state index contributed by atoms with van der Waals surface area (Å²) < 4.78 is 25.6. The second-order valence-electron chi connectivity index (χ2n) is 9.13. The first kappa shape index (κ1) is 26.8. The van der Waals surface area contributed by atoms with Gasteiger partial charge < -0.3 is 10.4 Å². The van der Waals surface area contributed by atoms with E-state index in [0.717, 1.165) is 11.1 Å². The Labute approximate surface area is 222 Å². The summed E-state index contributed by atoms with van der Waals surface area (Å²) in [5.41, 5.74) is 3.92. The van der Waals surface area contributed by atoms with E-state index in [1.54, 1.807) is 61.5 Å².